The smallest absolute Gasteiger partial charge is 0.252 e. The molecule has 100 valence electrons. The Bertz CT molecular complexity index is 406. The van der Waals surface area contributed by atoms with E-state index in [0.29, 0.717) is 17.9 Å². The lowest BCUT2D eigenvalue weighted by Gasteiger charge is -2.06. The fourth-order valence-electron chi connectivity index (χ4n) is 1.30. The molecule has 6 heteroatoms. The molecule has 1 amide bonds. The van der Waals surface area contributed by atoms with Gasteiger partial charge in [-0.2, -0.15) is 0 Å². The van der Waals surface area contributed by atoms with E-state index in [-0.39, 0.29) is 5.91 Å². The Kier molecular flexibility index (Phi) is 6.35. The molecular weight excluding hydrogens is 250 g/mol. The molecule has 1 heterocycles. The number of aromatic nitrogens is 1. The Hall–Kier alpha value is -1.43. The molecule has 0 aliphatic heterocycles. The van der Waals surface area contributed by atoms with Crippen LogP contribution in [0.25, 0.3) is 0 Å². The van der Waals surface area contributed by atoms with Gasteiger partial charge < -0.3 is 10.6 Å². The number of nitrogens with zero attached hydrogens (tertiary/aromatic N) is 1. The molecule has 1 atom stereocenters. The summed E-state index contributed by atoms with van der Waals surface area (Å²) >= 11 is 0. The molecule has 0 saturated heterocycles. The van der Waals surface area contributed by atoms with Crippen LogP contribution in [0.1, 0.15) is 23.7 Å². The summed E-state index contributed by atoms with van der Waals surface area (Å²) in [5.74, 6) is 1.05. The van der Waals surface area contributed by atoms with Gasteiger partial charge in [-0.05, 0) is 18.6 Å². The number of anilines is 1. The Morgan fingerprint density at radius 2 is 2.17 bits per heavy atom. The molecule has 1 rings (SSSR count). The van der Waals surface area contributed by atoms with Crippen molar-refractivity contribution < 1.29 is 9.00 Å². The third-order valence-electron chi connectivity index (χ3n) is 2.26. The zero-order chi connectivity index (χ0) is 13.4. The Morgan fingerprint density at radius 1 is 1.39 bits per heavy atom. The first-order chi connectivity index (χ1) is 8.63. The van der Waals surface area contributed by atoms with E-state index < -0.39 is 10.8 Å². The summed E-state index contributed by atoms with van der Waals surface area (Å²) in [6.07, 6.45) is 4.18. The van der Waals surface area contributed by atoms with Crippen molar-refractivity contribution in [2.24, 2.45) is 0 Å². The van der Waals surface area contributed by atoms with Gasteiger partial charge in [0.2, 0.25) is 0 Å². The fourth-order valence-corrected chi connectivity index (χ4v) is 1.69. The molecule has 0 aromatic carbocycles. The van der Waals surface area contributed by atoms with Crippen LogP contribution in [0.15, 0.2) is 18.3 Å². The predicted molar refractivity (Wildman–Crippen MR) is 74.3 cm³/mol. The van der Waals surface area contributed by atoms with Gasteiger partial charge in [-0.15, -0.1) is 0 Å². The van der Waals surface area contributed by atoms with Gasteiger partial charge in [0.15, 0.2) is 0 Å². The van der Waals surface area contributed by atoms with Crippen LogP contribution in [0.4, 0.5) is 5.82 Å². The number of nitrogens with one attached hydrogen (secondary N) is 2. The molecule has 5 nitrogen and oxygen atoms in total. The van der Waals surface area contributed by atoms with Crippen LogP contribution in [-0.2, 0) is 10.8 Å². The normalized spacial score (nSPS) is 11.9. The number of hydrogen-bond acceptors (Lipinski definition) is 4. The molecular formula is C12H19N3O2S. The van der Waals surface area contributed by atoms with E-state index in [0.717, 1.165) is 18.8 Å². The zero-order valence-electron chi connectivity index (χ0n) is 10.7. The second kappa shape index (κ2) is 7.81. The minimum Gasteiger partial charge on any atom is -0.370 e. The lowest BCUT2D eigenvalue weighted by atomic mass is 10.2. The third kappa shape index (κ3) is 5.27. The Morgan fingerprint density at radius 3 is 2.72 bits per heavy atom. The van der Waals surface area contributed by atoms with E-state index in [1.165, 1.54) is 6.20 Å². The highest BCUT2D eigenvalue weighted by Crippen LogP contribution is 2.04. The summed E-state index contributed by atoms with van der Waals surface area (Å²) in [6.45, 7) is 3.35. The first-order valence-corrected chi connectivity index (χ1v) is 7.64. The van der Waals surface area contributed by atoms with Gasteiger partial charge in [0.1, 0.15) is 5.82 Å². The van der Waals surface area contributed by atoms with Crippen LogP contribution in [0.3, 0.4) is 0 Å². The molecule has 0 aliphatic carbocycles. The molecule has 0 spiro atoms. The van der Waals surface area contributed by atoms with Gasteiger partial charge >= 0.3 is 0 Å². The SMILES string of the molecule is CCCNc1ccc(C(=O)NCCS(C)=O)cn1. The first kappa shape index (κ1) is 14.6. The van der Waals surface area contributed by atoms with E-state index >= 15 is 0 Å². The Balaban J connectivity index is 2.46. The topological polar surface area (TPSA) is 71.1 Å². The van der Waals surface area contributed by atoms with Crippen molar-refractivity contribution in [2.75, 3.05) is 30.4 Å². The lowest BCUT2D eigenvalue weighted by molar-refractivity contribution is 0.0956. The highest BCUT2D eigenvalue weighted by molar-refractivity contribution is 7.84. The highest BCUT2D eigenvalue weighted by Gasteiger charge is 2.05. The minimum absolute atomic E-state index is 0.185. The van der Waals surface area contributed by atoms with Gasteiger partial charge in [-0.1, -0.05) is 6.92 Å². The maximum absolute atomic E-state index is 11.7. The van der Waals surface area contributed by atoms with Crippen LogP contribution in [0.5, 0.6) is 0 Å². The van der Waals surface area contributed by atoms with Crippen molar-refractivity contribution in [3.63, 3.8) is 0 Å². The molecule has 0 fully saturated rings. The van der Waals surface area contributed by atoms with Crippen molar-refractivity contribution in [3.05, 3.63) is 23.9 Å². The van der Waals surface area contributed by atoms with Gasteiger partial charge in [0.25, 0.3) is 5.91 Å². The van der Waals surface area contributed by atoms with Crippen molar-refractivity contribution in [2.45, 2.75) is 13.3 Å². The second-order valence-corrected chi connectivity index (χ2v) is 5.45. The van der Waals surface area contributed by atoms with Gasteiger partial charge in [-0.25, -0.2) is 4.98 Å². The van der Waals surface area contributed by atoms with Crippen LogP contribution >= 0.6 is 0 Å². The first-order valence-electron chi connectivity index (χ1n) is 5.91. The average Bonchev–Trinajstić information content (AvgIpc) is 2.36. The van der Waals surface area contributed by atoms with Crippen LogP contribution in [0, 0.1) is 0 Å². The molecule has 2 N–H and O–H groups in total. The summed E-state index contributed by atoms with van der Waals surface area (Å²) in [4.78, 5) is 15.8. The quantitative estimate of drug-likeness (QED) is 0.775. The zero-order valence-corrected chi connectivity index (χ0v) is 11.5. The van der Waals surface area contributed by atoms with E-state index in [1.54, 1.807) is 18.4 Å². The standard InChI is InChI=1S/C12H19N3O2S/c1-3-6-13-11-5-4-10(9-15-11)12(16)14-7-8-18(2)17/h4-5,9H,3,6-8H2,1-2H3,(H,13,15)(H,14,16). The van der Waals surface area contributed by atoms with Crippen molar-refractivity contribution >= 4 is 22.5 Å². The second-order valence-electron chi connectivity index (χ2n) is 3.89. The van der Waals surface area contributed by atoms with Crippen molar-refractivity contribution in [1.29, 1.82) is 0 Å². The number of amides is 1. The van der Waals surface area contributed by atoms with Crippen molar-refractivity contribution in [3.8, 4) is 0 Å². The maximum atomic E-state index is 11.7. The third-order valence-corrected chi connectivity index (χ3v) is 3.04. The molecule has 0 bridgehead atoms. The largest absolute Gasteiger partial charge is 0.370 e. The fraction of sp³-hybridized carbons (Fsp3) is 0.500. The van der Waals surface area contributed by atoms with E-state index in [2.05, 4.69) is 22.5 Å². The molecule has 1 aromatic rings. The summed E-state index contributed by atoms with van der Waals surface area (Å²) in [6, 6.07) is 3.51. The van der Waals surface area contributed by atoms with Crippen molar-refractivity contribution in [1.82, 2.24) is 10.3 Å². The summed E-state index contributed by atoms with van der Waals surface area (Å²) < 4.78 is 10.8. The van der Waals surface area contributed by atoms with Crippen LogP contribution in [-0.4, -0.2) is 40.2 Å². The molecule has 0 saturated carbocycles. The number of carbonyl (C=O) groups is 1. The molecule has 0 aliphatic rings. The van der Waals surface area contributed by atoms with Gasteiger partial charge in [0.05, 0.1) is 5.56 Å². The molecule has 1 aromatic heterocycles. The molecule has 18 heavy (non-hydrogen) atoms. The number of rotatable bonds is 7. The molecule has 1 unspecified atom stereocenters. The average molecular weight is 269 g/mol. The van der Waals surface area contributed by atoms with Crippen LogP contribution in [0.2, 0.25) is 0 Å². The Labute approximate surface area is 110 Å². The van der Waals surface area contributed by atoms with Gasteiger partial charge in [-0.3, -0.25) is 9.00 Å². The van der Waals surface area contributed by atoms with E-state index in [1.807, 2.05) is 0 Å². The van der Waals surface area contributed by atoms with Crippen LogP contribution < -0.4 is 10.6 Å². The summed E-state index contributed by atoms with van der Waals surface area (Å²) in [7, 11) is -0.886. The monoisotopic (exact) mass is 269 g/mol. The van der Waals surface area contributed by atoms with E-state index in [9.17, 15) is 9.00 Å². The lowest BCUT2D eigenvalue weighted by Crippen LogP contribution is -2.27. The maximum Gasteiger partial charge on any atom is 0.252 e. The summed E-state index contributed by atoms with van der Waals surface area (Å²) in [5.41, 5.74) is 0.513. The van der Waals surface area contributed by atoms with Gasteiger partial charge in [0, 0.05) is 42.1 Å². The predicted octanol–water partition coefficient (Wildman–Crippen LogP) is 1.01. The number of carbonyl (C=O) groups excluding carboxylic acids is 1. The minimum atomic E-state index is -0.886. The highest BCUT2D eigenvalue weighted by atomic mass is 32.2. The molecule has 0 radical (unpaired) electrons. The van der Waals surface area contributed by atoms with E-state index in [4.69, 9.17) is 0 Å². The number of hydrogen-bond donors (Lipinski definition) is 2. The summed E-state index contributed by atoms with van der Waals surface area (Å²) in [5, 5.41) is 5.84. The number of pyridine rings is 1.